The van der Waals surface area contributed by atoms with E-state index in [1.807, 2.05) is 6.92 Å². The highest BCUT2D eigenvalue weighted by Gasteiger charge is 2.16. The lowest BCUT2D eigenvalue weighted by atomic mass is 10.3. The highest BCUT2D eigenvalue weighted by atomic mass is 16.5. The third-order valence-electron chi connectivity index (χ3n) is 2.57. The van der Waals surface area contributed by atoms with Gasteiger partial charge in [0.15, 0.2) is 0 Å². The monoisotopic (exact) mass is 270 g/mol. The van der Waals surface area contributed by atoms with E-state index in [9.17, 15) is 9.59 Å². The highest BCUT2D eigenvalue weighted by Crippen LogP contribution is 2.07. The number of methoxy groups -OCH3 is 1. The van der Waals surface area contributed by atoms with E-state index in [2.05, 4.69) is 10.4 Å². The average molecular weight is 270 g/mol. The van der Waals surface area contributed by atoms with E-state index in [4.69, 9.17) is 9.84 Å². The normalized spacial score (nSPS) is 11.9. The van der Waals surface area contributed by atoms with Gasteiger partial charge in [0.2, 0.25) is 0 Å². The van der Waals surface area contributed by atoms with Gasteiger partial charge in [0, 0.05) is 20.4 Å². The van der Waals surface area contributed by atoms with Crippen LogP contribution in [0.4, 0.5) is 10.5 Å². The minimum Gasteiger partial charge on any atom is -0.480 e. The number of nitrogens with zero attached hydrogens (tertiary/aromatic N) is 3. The van der Waals surface area contributed by atoms with Crippen molar-refractivity contribution in [2.24, 2.45) is 0 Å². The lowest BCUT2D eigenvalue weighted by Crippen LogP contribution is -2.40. The van der Waals surface area contributed by atoms with Gasteiger partial charge in [-0.2, -0.15) is 5.10 Å². The summed E-state index contributed by atoms with van der Waals surface area (Å²) in [5.41, 5.74) is 0.447. The molecular formula is C11H18N4O4. The van der Waals surface area contributed by atoms with Gasteiger partial charge in [-0.15, -0.1) is 0 Å². The van der Waals surface area contributed by atoms with E-state index < -0.39 is 5.97 Å². The molecule has 2 N–H and O–H groups in total. The molecule has 106 valence electrons. The maximum atomic E-state index is 11.9. The van der Waals surface area contributed by atoms with E-state index in [1.54, 1.807) is 14.2 Å². The minimum absolute atomic E-state index is 0.0703. The number of carbonyl (C=O) groups is 2. The number of carboxylic acids is 1. The smallest absolute Gasteiger partial charge is 0.325 e. The minimum atomic E-state index is -0.994. The summed E-state index contributed by atoms with van der Waals surface area (Å²) in [7, 11) is 3.22. The van der Waals surface area contributed by atoms with Gasteiger partial charge in [0.05, 0.1) is 24.5 Å². The molecule has 8 heteroatoms. The molecule has 0 aliphatic carbocycles. The number of ether oxygens (including phenoxy) is 1. The van der Waals surface area contributed by atoms with Crippen LogP contribution < -0.4 is 5.32 Å². The first-order valence-corrected chi connectivity index (χ1v) is 5.71. The van der Waals surface area contributed by atoms with Crippen LogP contribution in [0.1, 0.15) is 6.92 Å². The van der Waals surface area contributed by atoms with Crippen molar-refractivity contribution < 1.29 is 19.4 Å². The Labute approximate surface area is 110 Å². The van der Waals surface area contributed by atoms with Gasteiger partial charge in [0.25, 0.3) is 0 Å². The van der Waals surface area contributed by atoms with Gasteiger partial charge in [0.1, 0.15) is 6.54 Å². The van der Waals surface area contributed by atoms with E-state index in [-0.39, 0.29) is 18.6 Å². The van der Waals surface area contributed by atoms with E-state index in [0.29, 0.717) is 12.3 Å². The second-order valence-electron chi connectivity index (χ2n) is 4.17. The lowest BCUT2D eigenvalue weighted by molar-refractivity contribution is -0.137. The van der Waals surface area contributed by atoms with Crippen LogP contribution in [-0.4, -0.2) is 58.6 Å². The molecule has 0 aromatic carbocycles. The van der Waals surface area contributed by atoms with Crippen LogP contribution in [0.3, 0.4) is 0 Å². The second-order valence-corrected chi connectivity index (χ2v) is 4.17. The number of urea groups is 1. The Balaban J connectivity index is 2.56. The van der Waals surface area contributed by atoms with E-state index in [0.717, 1.165) is 0 Å². The number of aliphatic carboxylic acids is 1. The number of rotatable bonds is 6. The number of likely N-dealkylation sites (N-methyl/N-ethyl adjacent to an activating group) is 1. The van der Waals surface area contributed by atoms with Crippen LogP contribution >= 0.6 is 0 Å². The maximum Gasteiger partial charge on any atom is 0.325 e. The molecule has 1 aromatic heterocycles. The molecule has 1 unspecified atom stereocenters. The number of aromatic nitrogens is 2. The zero-order valence-electron chi connectivity index (χ0n) is 11.2. The van der Waals surface area contributed by atoms with Crippen molar-refractivity contribution in [3.8, 4) is 0 Å². The summed E-state index contributed by atoms with van der Waals surface area (Å²) in [5, 5.41) is 15.1. The van der Waals surface area contributed by atoms with Crippen molar-refractivity contribution in [2.75, 3.05) is 26.1 Å². The maximum absolute atomic E-state index is 11.9. The number of hydrogen-bond acceptors (Lipinski definition) is 4. The molecular weight excluding hydrogens is 252 g/mol. The molecule has 0 aliphatic rings. The topological polar surface area (TPSA) is 96.7 Å². The Bertz CT molecular complexity index is 446. The van der Waals surface area contributed by atoms with Gasteiger partial charge in [-0.25, -0.2) is 4.79 Å². The molecule has 1 atom stereocenters. The highest BCUT2D eigenvalue weighted by molar-refractivity contribution is 5.89. The number of hydrogen-bond donors (Lipinski definition) is 2. The summed E-state index contributed by atoms with van der Waals surface area (Å²) in [6, 6.07) is -0.376. The SMILES string of the molecule is COCC(C)N(C)C(=O)Nc1cnn(CC(=O)O)c1. The number of anilines is 1. The van der Waals surface area contributed by atoms with Crippen LogP contribution in [0.5, 0.6) is 0 Å². The fraction of sp³-hybridized carbons (Fsp3) is 0.545. The summed E-state index contributed by atoms with van der Waals surface area (Å²) in [6.07, 6.45) is 2.86. The summed E-state index contributed by atoms with van der Waals surface area (Å²) in [5.74, 6) is -0.994. The molecule has 0 aliphatic heterocycles. The molecule has 8 nitrogen and oxygen atoms in total. The zero-order valence-corrected chi connectivity index (χ0v) is 11.2. The van der Waals surface area contributed by atoms with Crippen molar-refractivity contribution >= 4 is 17.7 Å². The van der Waals surface area contributed by atoms with Gasteiger partial charge in [-0.3, -0.25) is 9.48 Å². The Morgan fingerprint density at radius 1 is 1.63 bits per heavy atom. The van der Waals surface area contributed by atoms with Crippen molar-refractivity contribution in [3.05, 3.63) is 12.4 Å². The first kappa shape index (κ1) is 15.0. The molecule has 0 bridgehead atoms. The van der Waals surface area contributed by atoms with Gasteiger partial charge in [-0.05, 0) is 6.92 Å². The average Bonchev–Trinajstić information content (AvgIpc) is 2.74. The van der Waals surface area contributed by atoms with Crippen LogP contribution in [0.25, 0.3) is 0 Å². The summed E-state index contributed by atoms with van der Waals surface area (Å²) >= 11 is 0. The van der Waals surface area contributed by atoms with Gasteiger partial charge >= 0.3 is 12.0 Å². The Kier molecular flexibility index (Phi) is 5.31. The van der Waals surface area contributed by atoms with Crippen molar-refractivity contribution in [3.63, 3.8) is 0 Å². The van der Waals surface area contributed by atoms with Crippen LogP contribution in [0.15, 0.2) is 12.4 Å². The predicted octanol–water partition coefficient (Wildman–Crippen LogP) is 0.466. The first-order chi connectivity index (χ1) is 8.93. The first-order valence-electron chi connectivity index (χ1n) is 5.71. The summed E-state index contributed by atoms with van der Waals surface area (Å²) in [6.45, 7) is 2.05. The van der Waals surface area contributed by atoms with Crippen LogP contribution in [-0.2, 0) is 16.1 Å². The largest absolute Gasteiger partial charge is 0.480 e. The molecule has 2 amide bonds. The molecule has 19 heavy (non-hydrogen) atoms. The third kappa shape index (κ3) is 4.59. The quantitative estimate of drug-likeness (QED) is 0.783. The summed E-state index contributed by atoms with van der Waals surface area (Å²) < 4.78 is 6.20. The second kappa shape index (κ2) is 6.74. The Morgan fingerprint density at radius 2 is 2.32 bits per heavy atom. The predicted molar refractivity (Wildman–Crippen MR) is 68.0 cm³/mol. The molecule has 1 heterocycles. The molecule has 0 saturated heterocycles. The molecule has 0 radical (unpaired) electrons. The zero-order chi connectivity index (χ0) is 14.4. The molecule has 0 fully saturated rings. The van der Waals surface area contributed by atoms with Crippen molar-refractivity contribution in [1.82, 2.24) is 14.7 Å². The van der Waals surface area contributed by atoms with Crippen molar-refractivity contribution in [2.45, 2.75) is 19.5 Å². The Hall–Kier alpha value is -2.09. The van der Waals surface area contributed by atoms with Crippen LogP contribution in [0.2, 0.25) is 0 Å². The van der Waals surface area contributed by atoms with E-state index in [1.165, 1.54) is 22.0 Å². The fourth-order valence-electron chi connectivity index (χ4n) is 1.42. The molecule has 0 spiro atoms. The molecule has 1 aromatic rings. The molecule has 1 rings (SSSR count). The van der Waals surface area contributed by atoms with Gasteiger partial charge < -0.3 is 20.1 Å². The Morgan fingerprint density at radius 3 is 2.89 bits per heavy atom. The van der Waals surface area contributed by atoms with Crippen molar-refractivity contribution in [1.29, 1.82) is 0 Å². The standard InChI is InChI=1S/C11H18N4O4/c1-8(7-19-3)14(2)11(18)13-9-4-12-15(5-9)6-10(16)17/h4-5,8H,6-7H2,1-3H3,(H,13,18)(H,16,17). The number of carbonyl (C=O) groups excluding carboxylic acids is 1. The number of carboxylic acid groups (broad SMARTS) is 1. The van der Waals surface area contributed by atoms with Crippen LogP contribution in [0, 0.1) is 0 Å². The number of nitrogens with one attached hydrogen (secondary N) is 1. The van der Waals surface area contributed by atoms with E-state index >= 15 is 0 Å². The molecule has 0 saturated carbocycles. The number of amides is 2. The summed E-state index contributed by atoms with van der Waals surface area (Å²) in [4.78, 5) is 23.9. The lowest BCUT2D eigenvalue weighted by Gasteiger charge is -2.24. The van der Waals surface area contributed by atoms with Gasteiger partial charge in [-0.1, -0.05) is 0 Å². The fourth-order valence-corrected chi connectivity index (χ4v) is 1.42. The third-order valence-corrected chi connectivity index (χ3v) is 2.57.